The number of methoxy groups -OCH3 is 3. The predicted molar refractivity (Wildman–Crippen MR) is 149 cm³/mol. The topological polar surface area (TPSA) is 124 Å². The summed E-state index contributed by atoms with van der Waals surface area (Å²) in [6, 6.07) is 10.5. The number of amides is 1. The van der Waals surface area contributed by atoms with Crippen molar-refractivity contribution in [2.75, 3.05) is 32.8 Å². The number of hydrogen-bond acceptors (Lipinski definition) is 10. The van der Waals surface area contributed by atoms with Gasteiger partial charge >= 0.3 is 11.9 Å². The van der Waals surface area contributed by atoms with Gasteiger partial charge in [-0.3, -0.25) is 14.5 Å². The Bertz CT molecular complexity index is 1460. The molecule has 1 N–H and O–H groups in total. The van der Waals surface area contributed by atoms with Crippen LogP contribution in [0.5, 0.6) is 17.2 Å². The Balaban J connectivity index is 1.87. The molecule has 1 atom stereocenters. The number of ether oxygens (including phenoxy) is 4. The molecule has 1 aromatic heterocycles. The van der Waals surface area contributed by atoms with Crippen LogP contribution in [0.25, 0.3) is 5.76 Å². The number of aryl methyl sites for hydroxylation is 1. The fourth-order valence-corrected chi connectivity index (χ4v) is 5.35. The molecule has 1 unspecified atom stereocenters. The number of carbonyl (C=O) groups excluding carboxylic acids is 3. The number of hydrogen-bond donors (Lipinski definition) is 1. The smallest absolute Gasteiger partial charge is 0.350 e. The molecule has 1 amide bonds. The number of carbonyl (C=O) groups is 3. The first-order chi connectivity index (χ1) is 19.2. The Labute approximate surface area is 235 Å². The lowest BCUT2D eigenvalue weighted by Gasteiger charge is -2.23. The predicted octanol–water partition coefficient (Wildman–Crippen LogP) is 5.06. The van der Waals surface area contributed by atoms with E-state index in [-0.39, 0.29) is 21.3 Å². The van der Waals surface area contributed by atoms with E-state index in [4.69, 9.17) is 18.9 Å². The van der Waals surface area contributed by atoms with Gasteiger partial charge in [0.25, 0.3) is 5.78 Å². The number of anilines is 1. The summed E-state index contributed by atoms with van der Waals surface area (Å²) in [5.74, 6) is -1.33. The molecular formula is C29H30N2O8S. The van der Waals surface area contributed by atoms with Crippen molar-refractivity contribution in [1.82, 2.24) is 4.98 Å². The zero-order valence-corrected chi connectivity index (χ0v) is 23.7. The molecule has 210 valence electrons. The quantitative estimate of drug-likeness (QED) is 0.118. The third kappa shape index (κ3) is 5.37. The molecule has 10 nitrogen and oxygen atoms in total. The molecule has 0 bridgehead atoms. The van der Waals surface area contributed by atoms with E-state index in [1.54, 1.807) is 49.4 Å². The fourth-order valence-electron chi connectivity index (χ4n) is 4.33. The molecule has 2 heterocycles. The van der Waals surface area contributed by atoms with Crippen LogP contribution in [0.3, 0.4) is 0 Å². The molecule has 1 fully saturated rings. The van der Waals surface area contributed by atoms with Crippen molar-refractivity contribution in [1.29, 1.82) is 0 Å². The second kappa shape index (κ2) is 12.2. The van der Waals surface area contributed by atoms with E-state index in [0.717, 1.165) is 24.2 Å². The summed E-state index contributed by atoms with van der Waals surface area (Å²) < 4.78 is 21.3. The maximum Gasteiger partial charge on any atom is 0.350 e. The highest BCUT2D eigenvalue weighted by molar-refractivity contribution is 7.17. The van der Waals surface area contributed by atoms with E-state index in [1.807, 2.05) is 0 Å². The molecule has 0 spiro atoms. The van der Waals surface area contributed by atoms with Crippen molar-refractivity contribution in [2.24, 2.45) is 0 Å². The number of thiazole rings is 1. The molecular weight excluding hydrogens is 536 g/mol. The van der Waals surface area contributed by atoms with E-state index >= 15 is 0 Å². The van der Waals surface area contributed by atoms with Crippen LogP contribution in [0.4, 0.5) is 5.13 Å². The van der Waals surface area contributed by atoms with Gasteiger partial charge in [-0.2, -0.15) is 0 Å². The Morgan fingerprint density at radius 1 is 1.05 bits per heavy atom. The Morgan fingerprint density at radius 3 is 2.38 bits per heavy atom. The molecule has 40 heavy (non-hydrogen) atoms. The molecule has 0 saturated carbocycles. The van der Waals surface area contributed by atoms with Crippen molar-refractivity contribution in [3.8, 4) is 17.2 Å². The maximum absolute atomic E-state index is 13.5. The van der Waals surface area contributed by atoms with Crippen LogP contribution in [0.2, 0.25) is 0 Å². The molecule has 0 radical (unpaired) electrons. The number of ketones is 1. The molecule has 1 saturated heterocycles. The Morgan fingerprint density at radius 2 is 1.75 bits per heavy atom. The highest BCUT2D eigenvalue weighted by Gasteiger charge is 2.48. The fraction of sp³-hybridized carbons (Fsp3) is 0.310. The Kier molecular flexibility index (Phi) is 8.73. The van der Waals surface area contributed by atoms with Gasteiger partial charge in [0.15, 0.2) is 16.6 Å². The minimum Gasteiger partial charge on any atom is -0.507 e. The highest BCUT2D eigenvalue weighted by atomic mass is 32.1. The van der Waals surface area contributed by atoms with Crippen LogP contribution < -0.4 is 19.1 Å². The van der Waals surface area contributed by atoms with Crippen molar-refractivity contribution in [3.05, 3.63) is 69.7 Å². The van der Waals surface area contributed by atoms with E-state index in [9.17, 15) is 19.5 Å². The van der Waals surface area contributed by atoms with Crippen LogP contribution in [-0.4, -0.2) is 55.7 Å². The zero-order valence-electron chi connectivity index (χ0n) is 22.8. The number of aromatic nitrogens is 1. The van der Waals surface area contributed by atoms with Gasteiger partial charge in [0, 0.05) is 5.56 Å². The molecule has 3 aromatic rings. The third-order valence-electron chi connectivity index (χ3n) is 6.42. The molecule has 1 aliphatic rings. The largest absolute Gasteiger partial charge is 0.507 e. The first kappa shape index (κ1) is 28.6. The van der Waals surface area contributed by atoms with Crippen LogP contribution in [0.1, 0.15) is 52.3 Å². The molecule has 1 aliphatic heterocycles. The minimum atomic E-state index is -1.07. The van der Waals surface area contributed by atoms with Gasteiger partial charge in [-0.05, 0) is 55.3 Å². The number of nitrogens with zero attached hydrogens (tertiary/aromatic N) is 2. The van der Waals surface area contributed by atoms with Gasteiger partial charge in [0.05, 0.1) is 45.2 Å². The SMILES string of the molecule is CCCCOc1ccc(/C(O)=C2\C(=O)C(=O)N(c3nc(C)c(C(=O)OC)s3)C2c2ccc(OC)c(OC)c2)cc1. The van der Waals surface area contributed by atoms with Crippen LogP contribution in [0.15, 0.2) is 48.0 Å². The molecule has 2 aromatic carbocycles. The number of Topliss-reactive ketones (excluding diaryl/α,β-unsaturated/α-hetero) is 1. The van der Waals surface area contributed by atoms with E-state index < -0.39 is 23.7 Å². The summed E-state index contributed by atoms with van der Waals surface area (Å²) in [6.07, 6.45) is 1.90. The average molecular weight is 567 g/mol. The van der Waals surface area contributed by atoms with Crippen molar-refractivity contribution >= 4 is 39.9 Å². The second-order valence-corrected chi connectivity index (χ2v) is 9.89. The van der Waals surface area contributed by atoms with Gasteiger partial charge in [0.2, 0.25) is 0 Å². The zero-order chi connectivity index (χ0) is 29.0. The summed E-state index contributed by atoms with van der Waals surface area (Å²) in [6.45, 7) is 4.24. The number of aliphatic hydroxyl groups excluding tert-OH is 1. The highest BCUT2D eigenvalue weighted by Crippen LogP contribution is 2.45. The average Bonchev–Trinajstić information content (AvgIpc) is 3.48. The third-order valence-corrected chi connectivity index (χ3v) is 7.56. The van der Waals surface area contributed by atoms with E-state index in [2.05, 4.69) is 11.9 Å². The van der Waals surface area contributed by atoms with Gasteiger partial charge in [-0.15, -0.1) is 0 Å². The van der Waals surface area contributed by atoms with Gasteiger partial charge in [0.1, 0.15) is 16.4 Å². The lowest BCUT2D eigenvalue weighted by Crippen LogP contribution is -2.29. The van der Waals surface area contributed by atoms with Crippen molar-refractivity contribution in [2.45, 2.75) is 32.7 Å². The molecule has 0 aliphatic carbocycles. The van der Waals surface area contributed by atoms with Gasteiger partial charge in [-0.25, -0.2) is 9.78 Å². The summed E-state index contributed by atoms with van der Waals surface area (Å²) >= 11 is 0.923. The van der Waals surface area contributed by atoms with E-state index in [0.29, 0.717) is 40.7 Å². The molecule has 4 rings (SSSR count). The number of benzene rings is 2. The van der Waals surface area contributed by atoms with Crippen LogP contribution in [-0.2, 0) is 14.3 Å². The summed E-state index contributed by atoms with van der Waals surface area (Å²) in [7, 11) is 4.21. The van der Waals surface area contributed by atoms with Crippen molar-refractivity contribution in [3.63, 3.8) is 0 Å². The standard InChI is InChI=1S/C29H30N2O8S/c1-6-7-14-39-19-11-8-17(9-12-19)24(32)22-23(18-10-13-20(36-3)21(15-18)37-4)31(27(34)25(22)33)29-30-16(2)26(40-29)28(35)38-5/h8-13,15,23,32H,6-7,14H2,1-5H3/b24-22+. The summed E-state index contributed by atoms with van der Waals surface area (Å²) in [5.41, 5.74) is 1.00. The number of aliphatic hydroxyl groups is 1. The van der Waals surface area contributed by atoms with Gasteiger partial charge in [-0.1, -0.05) is 30.7 Å². The molecule has 11 heteroatoms. The number of rotatable bonds is 10. The first-order valence-corrected chi connectivity index (χ1v) is 13.4. The normalized spacial score (nSPS) is 16.2. The summed E-state index contributed by atoms with van der Waals surface area (Å²) in [5, 5.41) is 11.5. The Hall–Kier alpha value is -4.38. The summed E-state index contributed by atoms with van der Waals surface area (Å²) in [4.78, 5) is 45.0. The number of esters is 1. The monoisotopic (exact) mass is 566 g/mol. The van der Waals surface area contributed by atoms with E-state index in [1.165, 1.54) is 26.2 Å². The lowest BCUT2D eigenvalue weighted by molar-refractivity contribution is -0.132. The number of unbranched alkanes of at least 4 members (excludes halogenated alkanes) is 1. The maximum atomic E-state index is 13.5. The van der Waals surface area contributed by atoms with Crippen molar-refractivity contribution < 1.29 is 38.4 Å². The van der Waals surface area contributed by atoms with Gasteiger partial charge < -0.3 is 24.1 Å². The minimum absolute atomic E-state index is 0.110. The van der Waals surface area contributed by atoms with Crippen LogP contribution >= 0.6 is 11.3 Å². The lowest BCUT2D eigenvalue weighted by atomic mass is 9.95. The van der Waals surface area contributed by atoms with Crippen LogP contribution in [0, 0.1) is 6.92 Å². The first-order valence-electron chi connectivity index (χ1n) is 12.6. The second-order valence-electron chi connectivity index (χ2n) is 8.91.